The molecule has 140 valence electrons. The monoisotopic (exact) mass is 375 g/mol. The van der Waals surface area contributed by atoms with Crippen LogP contribution in [0.25, 0.3) is 16.5 Å². The average molecular weight is 375 g/mol. The minimum atomic E-state index is -0.538. The predicted molar refractivity (Wildman–Crippen MR) is 104 cm³/mol. The number of carbonyl (C=O) groups excluding carboxylic acids is 1. The summed E-state index contributed by atoms with van der Waals surface area (Å²) in [7, 11) is 1.56. The first kappa shape index (κ1) is 17.6. The molecule has 2 aromatic heterocycles. The van der Waals surface area contributed by atoms with Crippen LogP contribution in [0.3, 0.4) is 0 Å². The molecule has 4 rings (SSSR count). The number of hydrogen-bond acceptors (Lipinski definition) is 5. The van der Waals surface area contributed by atoms with Crippen LogP contribution in [0.2, 0.25) is 0 Å². The van der Waals surface area contributed by atoms with Gasteiger partial charge in [0.05, 0.1) is 24.6 Å². The van der Waals surface area contributed by atoms with Crippen molar-refractivity contribution in [3.8, 4) is 11.4 Å². The van der Waals surface area contributed by atoms with Crippen molar-refractivity contribution < 1.29 is 18.7 Å². The zero-order chi connectivity index (χ0) is 19.5. The molecule has 0 radical (unpaired) electrons. The molecule has 6 heteroatoms. The SMILES string of the molecule is COc1cccc(-n2cc(C(=O)OCc3ccco3)c3ccccc3c2=O)c1. The summed E-state index contributed by atoms with van der Waals surface area (Å²) in [5.74, 6) is 0.613. The summed E-state index contributed by atoms with van der Waals surface area (Å²) in [4.78, 5) is 25.8. The summed E-state index contributed by atoms with van der Waals surface area (Å²) < 4.78 is 17.3. The molecule has 0 unspecified atom stereocenters. The normalized spacial score (nSPS) is 10.8. The number of ether oxygens (including phenoxy) is 2. The smallest absolute Gasteiger partial charge is 0.340 e. The number of esters is 1. The van der Waals surface area contributed by atoms with Crippen LogP contribution in [-0.4, -0.2) is 17.6 Å². The van der Waals surface area contributed by atoms with Crippen LogP contribution in [0.5, 0.6) is 5.75 Å². The number of aromatic nitrogens is 1. The quantitative estimate of drug-likeness (QED) is 0.494. The lowest BCUT2D eigenvalue weighted by Crippen LogP contribution is -2.21. The summed E-state index contributed by atoms with van der Waals surface area (Å²) in [6, 6.07) is 17.5. The van der Waals surface area contributed by atoms with Gasteiger partial charge in [-0.1, -0.05) is 24.3 Å². The van der Waals surface area contributed by atoms with E-state index < -0.39 is 5.97 Å². The van der Waals surface area contributed by atoms with Gasteiger partial charge in [0.25, 0.3) is 5.56 Å². The highest BCUT2D eigenvalue weighted by molar-refractivity contribution is 6.04. The fourth-order valence-electron chi connectivity index (χ4n) is 3.02. The van der Waals surface area contributed by atoms with Gasteiger partial charge < -0.3 is 13.9 Å². The summed E-state index contributed by atoms with van der Waals surface area (Å²) >= 11 is 0. The minimum absolute atomic E-state index is 0.0123. The van der Waals surface area contributed by atoms with E-state index in [1.807, 2.05) is 0 Å². The second-order valence-corrected chi connectivity index (χ2v) is 6.12. The van der Waals surface area contributed by atoms with E-state index in [0.29, 0.717) is 33.5 Å². The van der Waals surface area contributed by atoms with Crippen LogP contribution in [-0.2, 0) is 11.3 Å². The van der Waals surface area contributed by atoms with E-state index in [9.17, 15) is 9.59 Å². The number of pyridine rings is 1. The zero-order valence-electron chi connectivity index (χ0n) is 15.1. The third kappa shape index (κ3) is 3.27. The Balaban J connectivity index is 1.82. The lowest BCUT2D eigenvalue weighted by Gasteiger charge is -2.12. The summed E-state index contributed by atoms with van der Waals surface area (Å²) in [6.45, 7) is 0.0123. The molecule has 0 spiro atoms. The Hall–Kier alpha value is -3.80. The molecule has 0 bridgehead atoms. The predicted octanol–water partition coefficient (Wildman–Crippen LogP) is 3.95. The van der Waals surface area contributed by atoms with Gasteiger partial charge in [-0.15, -0.1) is 0 Å². The van der Waals surface area contributed by atoms with Gasteiger partial charge in [-0.3, -0.25) is 9.36 Å². The van der Waals surface area contributed by atoms with Crippen molar-refractivity contribution in [1.82, 2.24) is 4.57 Å². The fraction of sp³-hybridized carbons (Fsp3) is 0.0909. The fourth-order valence-corrected chi connectivity index (χ4v) is 3.02. The Morgan fingerprint density at radius 2 is 1.86 bits per heavy atom. The molecule has 28 heavy (non-hydrogen) atoms. The van der Waals surface area contributed by atoms with Crippen molar-refractivity contribution in [2.24, 2.45) is 0 Å². The number of furan rings is 1. The highest BCUT2D eigenvalue weighted by atomic mass is 16.5. The molecule has 0 saturated carbocycles. The van der Waals surface area contributed by atoms with Gasteiger partial charge in [0.2, 0.25) is 0 Å². The Kier molecular flexibility index (Phi) is 4.68. The number of rotatable bonds is 5. The third-order valence-electron chi connectivity index (χ3n) is 4.40. The van der Waals surface area contributed by atoms with Gasteiger partial charge in [-0.25, -0.2) is 4.79 Å². The Morgan fingerprint density at radius 3 is 2.61 bits per heavy atom. The largest absolute Gasteiger partial charge is 0.497 e. The van der Waals surface area contributed by atoms with Gasteiger partial charge in [-0.2, -0.15) is 0 Å². The Labute approximate surface area is 160 Å². The topological polar surface area (TPSA) is 70.7 Å². The average Bonchev–Trinajstić information content (AvgIpc) is 3.26. The first-order valence-corrected chi connectivity index (χ1v) is 8.65. The molecule has 0 aliphatic carbocycles. The van der Waals surface area contributed by atoms with Crippen molar-refractivity contribution >= 4 is 16.7 Å². The number of fused-ring (bicyclic) bond motifs is 1. The highest BCUT2D eigenvalue weighted by Crippen LogP contribution is 2.21. The molecular weight excluding hydrogens is 358 g/mol. The number of methoxy groups -OCH3 is 1. The van der Waals surface area contributed by atoms with E-state index in [1.165, 1.54) is 17.0 Å². The molecule has 2 heterocycles. The lowest BCUT2D eigenvalue weighted by atomic mass is 10.1. The maximum Gasteiger partial charge on any atom is 0.340 e. The van der Waals surface area contributed by atoms with Crippen LogP contribution in [0.4, 0.5) is 0 Å². The Bertz CT molecular complexity index is 1190. The summed E-state index contributed by atoms with van der Waals surface area (Å²) in [5, 5.41) is 0.967. The molecule has 0 amide bonds. The minimum Gasteiger partial charge on any atom is -0.497 e. The first-order chi connectivity index (χ1) is 13.7. The zero-order valence-corrected chi connectivity index (χ0v) is 15.1. The summed E-state index contributed by atoms with van der Waals surface area (Å²) in [5.41, 5.74) is 0.659. The Morgan fingerprint density at radius 1 is 1.04 bits per heavy atom. The van der Waals surface area contributed by atoms with Crippen LogP contribution < -0.4 is 10.3 Å². The molecule has 6 nitrogen and oxygen atoms in total. The highest BCUT2D eigenvalue weighted by Gasteiger charge is 2.17. The van der Waals surface area contributed by atoms with E-state index in [0.717, 1.165) is 0 Å². The van der Waals surface area contributed by atoms with E-state index in [-0.39, 0.29) is 12.2 Å². The number of carbonyl (C=O) groups is 1. The van der Waals surface area contributed by atoms with Crippen LogP contribution in [0.1, 0.15) is 16.1 Å². The van der Waals surface area contributed by atoms with E-state index in [2.05, 4.69) is 0 Å². The second kappa shape index (κ2) is 7.44. The maximum atomic E-state index is 13.0. The number of hydrogen-bond donors (Lipinski definition) is 0. The standard InChI is InChI=1S/C22H17NO5/c1-26-16-7-4-6-15(12-16)23-13-20(18-9-2-3-10-19(18)21(23)24)22(25)28-14-17-8-5-11-27-17/h2-13H,14H2,1H3. The van der Waals surface area contributed by atoms with Crippen molar-refractivity contribution in [1.29, 1.82) is 0 Å². The third-order valence-corrected chi connectivity index (χ3v) is 4.40. The van der Waals surface area contributed by atoms with Gasteiger partial charge in [0, 0.05) is 23.0 Å². The molecular formula is C22H17NO5. The van der Waals surface area contributed by atoms with E-state index >= 15 is 0 Å². The summed E-state index contributed by atoms with van der Waals surface area (Å²) in [6.07, 6.45) is 3.02. The number of benzene rings is 2. The van der Waals surface area contributed by atoms with Crippen molar-refractivity contribution in [3.05, 3.63) is 94.8 Å². The van der Waals surface area contributed by atoms with Crippen molar-refractivity contribution in [2.45, 2.75) is 6.61 Å². The molecule has 0 N–H and O–H groups in total. The molecule has 0 atom stereocenters. The maximum absolute atomic E-state index is 13.0. The molecule has 0 aliphatic rings. The number of nitrogens with zero attached hydrogens (tertiary/aromatic N) is 1. The van der Waals surface area contributed by atoms with Crippen LogP contribution in [0.15, 0.2) is 82.3 Å². The van der Waals surface area contributed by atoms with Gasteiger partial charge in [0.1, 0.15) is 18.1 Å². The second-order valence-electron chi connectivity index (χ2n) is 6.12. The van der Waals surface area contributed by atoms with Gasteiger partial charge >= 0.3 is 5.97 Å². The first-order valence-electron chi connectivity index (χ1n) is 8.65. The van der Waals surface area contributed by atoms with E-state index in [1.54, 1.807) is 67.8 Å². The lowest BCUT2D eigenvalue weighted by molar-refractivity contribution is 0.0447. The molecule has 4 aromatic rings. The van der Waals surface area contributed by atoms with Gasteiger partial charge in [-0.05, 0) is 30.3 Å². The molecule has 2 aromatic carbocycles. The van der Waals surface area contributed by atoms with Crippen LogP contribution >= 0.6 is 0 Å². The molecule has 0 aliphatic heterocycles. The molecule has 0 saturated heterocycles. The van der Waals surface area contributed by atoms with Crippen molar-refractivity contribution in [2.75, 3.05) is 7.11 Å². The van der Waals surface area contributed by atoms with Gasteiger partial charge in [0.15, 0.2) is 0 Å². The van der Waals surface area contributed by atoms with Crippen molar-refractivity contribution in [3.63, 3.8) is 0 Å². The van der Waals surface area contributed by atoms with E-state index in [4.69, 9.17) is 13.9 Å². The molecule has 0 fully saturated rings. The van der Waals surface area contributed by atoms with Crippen LogP contribution in [0, 0.1) is 0 Å².